The Hall–Kier alpha value is -2.60. The van der Waals surface area contributed by atoms with Crippen LogP contribution >= 0.6 is 11.8 Å². The van der Waals surface area contributed by atoms with Crippen LogP contribution in [0.4, 0.5) is 0 Å². The monoisotopic (exact) mass is 350 g/mol. The van der Waals surface area contributed by atoms with Crippen LogP contribution < -0.4 is 4.74 Å². The molecule has 4 rings (SSSR count). The molecule has 126 valence electrons. The van der Waals surface area contributed by atoms with Gasteiger partial charge in [0.25, 0.3) is 0 Å². The third-order valence-corrected chi connectivity index (χ3v) is 4.97. The van der Waals surface area contributed by atoms with Gasteiger partial charge in [0.05, 0.1) is 5.71 Å². The molecule has 2 heterocycles. The normalized spacial score (nSPS) is 13.3. The van der Waals surface area contributed by atoms with E-state index in [1.54, 1.807) is 16.4 Å². The van der Waals surface area contributed by atoms with Crippen LogP contribution in [-0.2, 0) is 6.61 Å². The molecule has 0 saturated heterocycles. The first-order valence-corrected chi connectivity index (χ1v) is 9.10. The maximum atomic E-state index is 5.80. The van der Waals surface area contributed by atoms with E-state index in [0.29, 0.717) is 12.4 Å². The van der Waals surface area contributed by atoms with Gasteiger partial charge >= 0.3 is 0 Å². The average molecular weight is 350 g/mol. The molecule has 3 aromatic rings. The molecule has 25 heavy (non-hydrogen) atoms. The number of ether oxygens (including phenoxy) is 1. The Labute approximate surface area is 150 Å². The lowest BCUT2D eigenvalue weighted by molar-refractivity contribution is 0.290. The summed E-state index contributed by atoms with van der Waals surface area (Å²) in [6.07, 6.45) is 0. The number of hydrogen-bond donors (Lipinski definition) is 0. The van der Waals surface area contributed by atoms with E-state index in [4.69, 9.17) is 9.84 Å². The van der Waals surface area contributed by atoms with Crippen molar-refractivity contribution in [3.05, 3.63) is 71.0 Å². The molecule has 1 aromatic heterocycles. The zero-order valence-electron chi connectivity index (χ0n) is 14.1. The second-order valence-electron chi connectivity index (χ2n) is 5.97. The Morgan fingerprint density at radius 2 is 1.92 bits per heavy atom. The Morgan fingerprint density at radius 1 is 1.08 bits per heavy atom. The van der Waals surface area contributed by atoms with E-state index in [1.165, 1.54) is 16.7 Å². The van der Waals surface area contributed by atoms with Crippen molar-refractivity contribution in [1.29, 1.82) is 0 Å². The lowest BCUT2D eigenvalue weighted by Crippen LogP contribution is -2.16. The molecule has 0 aliphatic carbocycles. The molecule has 0 amide bonds. The van der Waals surface area contributed by atoms with Gasteiger partial charge in [0.1, 0.15) is 12.4 Å². The third kappa shape index (κ3) is 3.30. The molecule has 0 spiro atoms. The highest BCUT2D eigenvalue weighted by atomic mass is 32.2. The predicted molar refractivity (Wildman–Crippen MR) is 99.4 cm³/mol. The van der Waals surface area contributed by atoms with E-state index in [2.05, 4.69) is 42.2 Å². The van der Waals surface area contributed by atoms with Crippen molar-refractivity contribution in [3.8, 4) is 5.75 Å². The molecule has 0 radical (unpaired) electrons. The topological polar surface area (TPSA) is 52.3 Å². The van der Waals surface area contributed by atoms with Crippen molar-refractivity contribution in [1.82, 2.24) is 14.9 Å². The fourth-order valence-electron chi connectivity index (χ4n) is 2.79. The SMILES string of the molecule is Cc1ccc(C2=Nn3c(COc4ccccc4)nnc3SC2)c(C)c1. The second-order valence-corrected chi connectivity index (χ2v) is 6.91. The first kappa shape index (κ1) is 15.9. The highest BCUT2D eigenvalue weighted by Crippen LogP contribution is 2.26. The first-order valence-electron chi connectivity index (χ1n) is 8.11. The summed E-state index contributed by atoms with van der Waals surface area (Å²) in [6.45, 7) is 4.56. The van der Waals surface area contributed by atoms with Crippen molar-refractivity contribution in [2.75, 3.05) is 5.75 Å². The Bertz CT molecular complexity index is 934. The summed E-state index contributed by atoms with van der Waals surface area (Å²) < 4.78 is 7.59. The molecular weight excluding hydrogens is 332 g/mol. The summed E-state index contributed by atoms with van der Waals surface area (Å²) in [7, 11) is 0. The largest absolute Gasteiger partial charge is 0.486 e. The zero-order valence-corrected chi connectivity index (χ0v) is 15.0. The number of hydrogen-bond acceptors (Lipinski definition) is 5. The van der Waals surface area contributed by atoms with Crippen molar-refractivity contribution >= 4 is 17.5 Å². The number of aryl methyl sites for hydroxylation is 2. The minimum atomic E-state index is 0.335. The molecule has 0 N–H and O–H groups in total. The summed E-state index contributed by atoms with van der Waals surface area (Å²) in [5, 5.41) is 14.1. The summed E-state index contributed by atoms with van der Waals surface area (Å²) >= 11 is 1.65. The van der Waals surface area contributed by atoms with E-state index in [-0.39, 0.29) is 0 Å². The molecule has 5 nitrogen and oxygen atoms in total. The Balaban J connectivity index is 1.61. The van der Waals surface area contributed by atoms with Gasteiger partial charge in [-0.2, -0.15) is 9.78 Å². The van der Waals surface area contributed by atoms with E-state index < -0.39 is 0 Å². The quantitative estimate of drug-likeness (QED) is 0.717. The highest BCUT2D eigenvalue weighted by Gasteiger charge is 2.21. The Morgan fingerprint density at radius 3 is 2.72 bits per heavy atom. The number of rotatable bonds is 4. The summed E-state index contributed by atoms with van der Waals surface area (Å²) in [5.41, 5.74) is 4.70. The molecule has 0 bridgehead atoms. The van der Waals surface area contributed by atoms with Crippen LogP contribution in [0, 0.1) is 13.8 Å². The molecule has 0 unspecified atom stereocenters. The summed E-state index contributed by atoms with van der Waals surface area (Å²) in [4.78, 5) is 0. The molecule has 1 aliphatic heterocycles. The molecule has 6 heteroatoms. The fraction of sp³-hybridized carbons (Fsp3) is 0.211. The number of nitrogens with zero attached hydrogens (tertiary/aromatic N) is 4. The summed E-state index contributed by atoms with van der Waals surface area (Å²) in [5.74, 6) is 2.30. The number of fused-ring (bicyclic) bond motifs is 1. The van der Waals surface area contributed by atoms with Gasteiger partial charge in [-0.15, -0.1) is 10.2 Å². The number of para-hydroxylation sites is 1. The molecule has 1 aliphatic rings. The van der Waals surface area contributed by atoms with Gasteiger partial charge in [-0.1, -0.05) is 53.7 Å². The smallest absolute Gasteiger partial charge is 0.212 e. The van der Waals surface area contributed by atoms with Crippen LogP contribution in [0.3, 0.4) is 0 Å². The molecule has 2 aromatic carbocycles. The van der Waals surface area contributed by atoms with Crippen molar-refractivity contribution in [2.45, 2.75) is 25.6 Å². The van der Waals surface area contributed by atoms with Gasteiger partial charge in [0.2, 0.25) is 5.16 Å². The van der Waals surface area contributed by atoms with Crippen molar-refractivity contribution in [3.63, 3.8) is 0 Å². The minimum Gasteiger partial charge on any atom is -0.486 e. The van der Waals surface area contributed by atoms with Crippen molar-refractivity contribution in [2.24, 2.45) is 5.10 Å². The van der Waals surface area contributed by atoms with Crippen LogP contribution in [-0.4, -0.2) is 26.3 Å². The lowest BCUT2D eigenvalue weighted by atomic mass is 10.0. The fourth-order valence-corrected chi connectivity index (χ4v) is 3.64. The minimum absolute atomic E-state index is 0.335. The summed E-state index contributed by atoms with van der Waals surface area (Å²) in [6, 6.07) is 16.1. The van der Waals surface area contributed by atoms with Crippen LogP contribution in [0.25, 0.3) is 0 Å². The average Bonchev–Trinajstić information content (AvgIpc) is 3.03. The molecule has 0 atom stereocenters. The standard InChI is InChI=1S/C19H18N4OS/c1-13-8-9-16(14(2)10-13)17-12-25-19-21-20-18(23(19)22-17)11-24-15-6-4-3-5-7-15/h3-10H,11-12H2,1-2H3. The zero-order chi connectivity index (χ0) is 17.2. The maximum absolute atomic E-state index is 5.80. The van der Waals surface area contributed by atoms with Crippen molar-refractivity contribution < 1.29 is 4.74 Å². The number of aromatic nitrogens is 3. The van der Waals surface area contributed by atoms with E-state index in [9.17, 15) is 0 Å². The van der Waals surface area contributed by atoms with Gasteiger partial charge in [0.15, 0.2) is 5.82 Å². The molecule has 0 saturated carbocycles. The Kier molecular flexibility index (Phi) is 4.28. The van der Waals surface area contributed by atoms with Crippen LogP contribution in [0.15, 0.2) is 58.8 Å². The van der Waals surface area contributed by atoms with E-state index in [1.807, 2.05) is 30.3 Å². The lowest BCUT2D eigenvalue weighted by Gasteiger charge is -2.16. The highest BCUT2D eigenvalue weighted by molar-refractivity contribution is 7.99. The molecular formula is C19H18N4OS. The molecule has 0 fully saturated rings. The van der Waals surface area contributed by atoms with Gasteiger partial charge in [-0.25, -0.2) is 0 Å². The first-order chi connectivity index (χ1) is 12.2. The maximum Gasteiger partial charge on any atom is 0.212 e. The third-order valence-electron chi connectivity index (χ3n) is 4.04. The number of thioether (sulfide) groups is 1. The van der Waals surface area contributed by atoms with Crippen LogP contribution in [0.5, 0.6) is 5.75 Å². The van der Waals surface area contributed by atoms with E-state index in [0.717, 1.165) is 22.4 Å². The van der Waals surface area contributed by atoms with Gasteiger partial charge < -0.3 is 4.74 Å². The van der Waals surface area contributed by atoms with Gasteiger partial charge in [0, 0.05) is 11.3 Å². The van der Waals surface area contributed by atoms with Crippen LogP contribution in [0.2, 0.25) is 0 Å². The predicted octanol–water partition coefficient (Wildman–Crippen LogP) is 3.83. The number of benzene rings is 2. The second kappa shape index (κ2) is 6.72. The van der Waals surface area contributed by atoms with Crippen LogP contribution in [0.1, 0.15) is 22.5 Å². The van der Waals surface area contributed by atoms with E-state index >= 15 is 0 Å². The van der Waals surface area contributed by atoms with Gasteiger partial charge in [-0.05, 0) is 31.5 Å². The van der Waals surface area contributed by atoms with Gasteiger partial charge in [-0.3, -0.25) is 0 Å².